The maximum Gasteiger partial charge on any atom is 0.485 e. The SMILES string of the molecule is C[Si](C)(C)/C(=C\CCCCl)B1OCCCO1. The Kier molecular flexibility index (Phi) is 6.11. The molecule has 16 heavy (non-hydrogen) atoms. The van der Waals surface area contributed by atoms with Crippen LogP contribution in [0.5, 0.6) is 0 Å². The van der Waals surface area contributed by atoms with Crippen LogP contribution in [-0.4, -0.2) is 34.3 Å². The molecule has 1 saturated heterocycles. The number of halogens is 1. The van der Waals surface area contributed by atoms with Gasteiger partial charge < -0.3 is 9.31 Å². The number of unbranched alkanes of at least 4 members (excludes halogenated alkanes) is 1. The average molecular weight is 261 g/mol. The van der Waals surface area contributed by atoms with Crippen molar-refractivity contribution in [3.05, 3.63) is 11.2 Å². The van der Waals surface area contributed by atoms with Gasteiger partial charge in [0.1, 0.15) is 0 Å². The van der Waals surface area contributed by atoms with Crippen LogP contribution in [0, 0.1) is 0 Å². The molecule has 1 aliphatic heterocycles. The second kappa shape index (κ2) is 6.84. The van der Waals surface area contributed by atoms with Gasteiger partial charge in [0.2, 0.25) is 0 Å². The highest BCUT2D eigenvalue weighted by Gasteiger charge is 2.34. The first-order valence-corrected chi connectivity index (χ1v) is 10.1. The van der Waals surface area contributed by atoms with Crippen LogP contribution < -0.4 is 0 Å². The van der Waals surface area contributed by atoms with Crippen LogP contribution in [0.15, 0.2) is 11.2 Å². The molecule has 0 unspecified atom stereocenters. The van der Waals surface area contributed by atoms with E-state index in [2.05, 4.69) is 25.7 Å². The number of alkyl halides is 1. The van der Waals surface area contributed by atoms with Crippen LogP contribution in [0.3, 0.4) is 0 Å². The van der Waals surface area contributed by atoms with E-state index in [-0.39, 0.29) is 7.12 Å². The molecule has 1 aliphatic rings. The lowest BCUT2D eigenvalue weighted by atomic mass is 9.87. The first-order valence-electron chi connectivity index (χ1n) is 6.05. The summed E-state index contributed by atoms with van der Waals surface area (Å²) in [5.41, 5.74) is 0. The lowest BCUT2D eigenvalue weighted by Crippen LogP contribution is -2.41. The molecule has 0 N–H and O–H groups in total. The van der Waals surface area contributed by atoms with Crippen LogP contribution in [0.2, 0.25) is 19.6 Å². The summed E-state index contributed by atoms with van der Waals surface area (Å²) in [6.45, 7) is 8.65. The summed E-state index contributed by atoms with van der Waals surface area (Å²) in [4.78, 5) is 0. The molecule has 5 heteroatoms. The van der Waals surface area contributed by atoms with Crippen molar-refractivity contribution in [3.63, 3.8) is 0 Å². The minimum atomic E-state index is -1.36. The largest absolute Gasteiger partial charge is 0.485 e. The summed E-state index contributed by atoms with van der Waals surface area (Å²) in [6.07, 6.45) is 5.37. The number of hydrogen-bond donors (Lipinski definition) is 0. The molecule has 0 amide bonds. The number of hydrogen-bond acceptors (Lipinski definition) is 2. The fourth-order valence-corrected chi connectivity index (χ4v) is 3.54. The van der Waals surface area contributed by atoms with Crippen molar-refractivity contribution in [2.45, 2.75) is 38.9 Å². The highest BCUT2D eigenvalue weighted by Crippen LogP contribution is 2.22. The van der Waals surface area contributed by atoms with E-state index in [1.807, 2.05) is 0 Å². The predicted octanol–water partition coefficient (Wildman–Crippen LogP) is 3.27. The first-order chi connectivity index (χ1) is 7.55. The zero-order valence-electron chi connectivity index (χ0n) is 10.6. The van der Waals surface area contributed by atoms with Gasteiger partial charge in [0.15, 0.2) is 0 Å². The summed E-state index contributed by atoms with van der Waals surface area (Å²) in [7, 11) is -1.44. The van der Waals surface area contributed by atoms with Gasteiger partial charge in [-0.3, -0.25) is 0 Å². The first kappa shape index (κ1) is 14.3. The molecule has 1 rings (SSSR count). The van der Waals surface area contributed by atoms with E-state index in [1.54, 1.807) is 0 Å². The molecule has 0 aromatic rings. The van der Waals surface area contributed by atoms with Crippen molar-refractivity contribution in [1.29, 1.82) is 0 Å². The molecule has 0 aromatic heterocycles. The van der Waals surface area contributed by atoms with Gasteiger partial charge in [-0.2, -0.15) is 0 Å². The Morgan fingerprint density at radius 1 is 1.31 bits per heavy atom. The maximum atomic E-state index is 5.71. The average Bonchev–Trinajstić information content (AvgIpc) is 2.24. The summed E-state index contributed by atoms with van der Waals surface area (Å²) in [5.74, 6) is 0.724. The third kappa shape index (κ3) is 4.62. The van der Waals surface area contributed by atoms with Crippen LogP contribution in [0.1, 0.15) is 19.3 Å². The van der Waals surface area contributed by atoms with E-state index in [4.69, 9.17) is 20.9 Å². The lowest BCUT2D eigenvalue weighted by Gasteiger charge is -2.29. The molecule has 0 atom stereocenters. The fourth-order valence-electron chi connectivity index (χ4n) is 1.76. The Balaban J connectivity index is 2.66. The van der Waals surface area contributed by atoms with Gasteiger partial charge in [-0.1, -0.05) is 30.8 Å². The molecule has 0 aromatic carbocycles. The second-order valence-electron chi connectivity index (χ2n) is 5.17. The lowest BCUT2D eigenvalue weighted by molar-refractivity contribution is 0.141. The zero-order valence-corrected chi connectivity index (χ0v) is 12.3. The Morgan fingerprint density at radius 3 is 2.44 bits per heavy atom. The van der Waals surface area contributed by atoms with Crippen molar-refractivity contribution >= 4 is 26.8 Å². The molecule has 92 valence electrons. The van der Waals surface area contributed by atoms with Crippen molar-refractivity contribution in [3.8, 4) is 0 Å². The van der Waals surface area contributed by atoms with Crippen molar-refractivity contribution in [2.75, 3.05) is 19.1 Å². The highest BCUT2D eigenvalue weighted by atomic mass is 35.5. The van der Waals surface area contributed by atoms with E-state index >= 15 is 0 Å². The molecular weight excluding hydrogens is 238 g/mol. The summed E-state index contributed by atoms with van der Waals surface area (Å²) >= 11 is 5.70. The monoisotopic (exact) mass is 260 g/mol. The van der Waals surface area contributed by atoms with Gasteiger partial charge in [-0.25, -0.2) is 0 Å². The molecule has 0 bridgehead atoms. The molecule has 1 fully saturated rings. The van der Waals surface area contributed by atoms with Gasteiger partial charge in [0.25, 0.3) is 0 Å². The van der Waals surface area contributed by atoms with Gasteiger partial charge in [-0.15, -0.1) is 11.6 Å². The Labute approximate surface area is 105 Å². The summed E-state index contributed by atoms with van der Waals surface area (Å²) < 4.78 is 11.4. The zero-order chi connectivity index (χ0) is 12.0. The van der Waals surface area contributed by atoms with Crippen LogP contribution in [0.25, 0.3) is 0 Å². The number of allylic oxidation sites excluding steroid dienone is 1. The Bertz CT molecular complexity index is 235. The van der Waals surface area contributed by atoms with E-state index in [0.29, 0.717) is 0 Å². The summed E-state index contributed by atoms with van der Waals surface area (Å²) in [5, 5.41) is 1.39. The third-order valence-electron chi connectivity index (χ3n) is 2.65. The smallest absolute Gasteiger partial charge is 0.408 e. The standard InChI is InChI=1S/C11H22BClO2Si/c1-16(2,3)11(7-4-5-8-13)12-14-9-6-10-15-12/h7H,4-6,8-10H2,1-3H3/b11-7-. The van der Waals surface area contributed by atoms with Crippen molar-refractivity contribution in [2.24, 2.45) is 0 Å². The molecule has 0 spiro atoms. The van der Waals surface area contributed by atoms with Gasteiger partial charge in [0, 0.05) is 19.1 Å². The number of rotatable bonds is 5. The normalized spacial score (nSPS) is 19.0. The second-order valence-corrected chi connectivity index (χ2v) is 10.6. The van der Waals surface area contributed by atoms with Gasteiger partial charge in [0.05, 0.1) is 8.07 Å². The minimum Gasteiger partial charge on any atom is -0.408 e. The molecule has 0 radical (unpaired) electrons. The summed E-state index contributed by atoms with van der Waals surface area (Å²) in [6, 6.07) is 0. The van der Waals surface area contributed by atoms with Crippen molar-refractivity contribution < 1.29 is 9.31 Å². The maximum absolute atomic E-state index is 5.71. The minimum absolute atomic E-state index is 0.0873. The van der Waals surface area contributed by atoms with Crippen LogP contribution in [0.4, 0.5) is 0 Å². The molecule has 0 saturated carbocycles. The van der Waals surface area contributed by atoms with Crippen molar-refractivity contribution in [1.82, 2.24) is 0 Å². The van der Waals surface area contributed by atoms with Gasteiger partial charge in [-0.05, 0) is 19.3 Å². The highest BCUT2D eigenvalue weighted by molar-refractivity contribution is 6.95. The van der Waals surface area contributed by atoms with Crippen LogP contribution in [-0.2, 0) is 9.31 Å². The fraction of sp³-hybridized carbons (Fsp3) is 0.818. The van der Waals surface area contributed by atoms with Crippen LogP contribution >= 0.6 is 11.6 Å². The predicted molar refractivity (Wildman–Crippen MR) is 73.7 cm³/mol. The Morgan fingerprint density at radius 2 is 1.94 bits per heavy atom. The quantitative estimate of drug-likeness (QED) is 0.429. The molecule has 2 nitrogen and oxygen atoms in total. The molecule has 1 heterocycles. The van der Waals surface area contributed by atoms with E-state index in [0.717, 1.165) is 38.4 Å². The van der Waals surface area contributed by atoms with E-state index in [9.17, 15) is 0 Å². The van der Waals surface area contributed by atoms with Gasteiger partial charge >= 0.3 is 7.12 Å². The molecule has 0 aliphatic carbocycles. The molecular formula is C11H22BClO2Si. The topological polar surface area (TPSA) is 18.5 Å². The van der Waals surface area contributed by atoms with E-state index in [1.165, 1.54) is 5.10 Å². The van der Waals surface area contributed by atoms with E-state index < -0.39 is 8.07 Å². The Hall–Kier alpha value is 0.232. The third-order valence-corrected chi connectivity index (χ3v) is 5.09.